The summed E-state index contributed by atoms with van der Waals surface area (Å²) in [6, 6.07) is 5.21. The number of halogens is 1. The average molecular weight is 213 g/mol. The first kappa shape index (κ1) is 10.9. The van der Waals surface area contributed by atoms with E-state index in [1.807, 2.05) is 18.2 Å². The maximum atomic E-state index is 9.34. The van der Waals surface area contributed by atoms with Gasteiger partial charge in [-0.2, -0.15) is 0 Å². The van der Waals surface area contributed by atoms with Crippen molar-refractivity contribution in [3.63, 3.8) is 0 Å². The predicted molar refractivity (Wildman–Crippen MR) is 59.0 cm³/mol. The van der Waals surface area contributed by atoms with Crippen molar-refractivity contribution in [1.82, 2.24) is 0 Å². The largest absolute Gasteiger partial charge is 0.504 e. The number of allylic oxidation sites excluding steroid dienone is 1. The minimum Gasteiger partial charge on any atom is -0.504 e. The number of ether oxygens (including phenoxy) is 1. The van der Waals surface area contributed by atoms with Crippen LogP contribution in [0.25, 0.3) is 6.08 Å². The predicted octanol–water partition coefficient (Wildman–Crippen LogP) is 3.04. The molecule has 1 aromatic rings. The van der Waals surface area contributed by atoms with Crippen LogP contribution in [-0.2, 0) is 0 Å². The first-order valence-electron chi connectivity index (χ1n) is 4.37. The lowest BCUT2D eigenvalue weighted by Crippen LogP contribution is -1.84. The van der Waals surface area contributed by atoms with E-state index in [0.29, 0.717) is 11.6 Å². The summed E-state index contributed by atoms with van der Waals surface area (Å²) in [6.45, 7) is 0. The smallest absolute Gasteiger partial charge is 0.161 e. The topological polar surface area (TPSA) is 29.5 Å². The highest BCUT2D eigenvalue weighted by molar-refractivity contribution is 6.17. The van der Waals surface area contributed by atoms with Gasteiger partial charge < -0.3 is 9.84 Å². The quantitative estimate of drug-likeness (QED) is 0.778. The Bertz CT molecular complexity index is 321. The highest BCUT2D eigenvalue weighted by Crippen LogP contribution is 2.26. The molecule has 76 valence electrons. The van der Waals surface area contributed by atoms with E-state index < -0.39 is 0 Å². The highest BCUT2D eigenvalue weighted by atomic mass is 35.5. The van der Waals surface area contributed by atoms with Crippen LogP contribution < -0.4 is 4.74 Å². The van der Waals surface area contributed by atoms with Crippen molar-refractivity contribution in [3.05, 3.63) is 29.8 Å². The minimum absolute atomic E-state index is 0.155. The molecule has 0 spiro atoms. The zero-order valence-corrected chi connectivity index (χ0v) is 8.79. The third-order valence-corrected chi connectivity index (χ3v) is 2.01. The van der Waals surface area contributed by atoms with Crippen LogP contribution in [0.5, 0.6) is 11.5 Å². The molecule has 3 heteroatoms. The molecule has 0 unspecified atom stereocenters. The van der Waals surface area contributed by atoms with Crippen molar-refractivity contribution in [2.24, 2.45) is 0 Å². The van der Waals surface area contributed by atoms with Gasteiger partial charge in [-0.05, 0) is 24.1 Å². The van der Waals surface area contributed by atoms with Gasteiger partial charge in [-0.1, -0.05) is 18.2 Å². The molecule has 0 radical (unpaired) electrons. The standard InChI is InChI=1S/C11H13ClO2/c1-14-11-8-9(4-2-3-7-12)5-6-10(11)13/h2,4-6,8,13H,3,7H2,1H3. The molecule has 0 bridgehead atoms. The zero-order valence-electron chi connectivity index (χ0n) is 8.03. The van der Waals surface area contributed by atoms with Crippen LogP contribution in [-0.4, -0.2) is 18.1 Å². The van der Waals surface area contributed by atoms with E-state index in [9.17, 15) is 5.11 Å². The third kappa shape index (κ3) is 2.96. The van der Waals surface area contributed by atoms with Crippen molar-refractivity contribution in [2.45, 2.75) is 6.42 Å². The Labute approximate surface area is 88.8 Å². The van der Waals surface area contributed by atoms with E-state index in [1.165, 1.54) is 7.11 Å². The van der Waals surface area contributed by atoms with E-state index in [1.54, 1.807) is 12.1 Å². The molecular weight excluding hydrogens is 200 g/mol. The van der Waals surface area contributed by atoms with E-state index in [4.69, 9.17) is 16.3 Å². The second-order valence-corrected chi connectivity index (χ2v) is 3.19. The molecule has 0 aliphatic heterocycles. The Morgan fingerprint density at radius 1 is 1.50 bits per heavy atom. The van der Waals surface area contributed by atoms with Crippen LogP contribution in [0.4, 0.5) is 0 Å². The number of methoxy groups -OCH3 is 1. The van der Waals surface area contributed by atoms with Crippen molar-refractivity contribution < 1.29 is 9.84 Å². The summed E-state index contributed by atoms with van der Waals surface area (Å²) in [5, 5.41) is 9.34. The summed E-state index contributed by atoms with van der Waals surface area (Å²) < 4.78 is 4.98. The first-order valence-corrected chi connectivity index (χ1v) is 4.91. The molecule has 2 nitrogen and oxygen atoms in total. The SMILES string of the molecule is COc1cc(C=CCCCl)ccc1O. The Balaban J connectivity index is 2.79. The molecule has 14 heavy (non-hydrogen) atoms. The van der Waals surface area contributed by atoms with Gasteiger partial charge in [-0.25, -0.2) is 0 Å². The van der Waals surface area contributed by atoms with Crippen LogP contribution in [0.15, 0.2) is 24.3 Å². The molecule has 0 amide bonds. The number of alkyl halides is 1. The fraction of sp³-hybridized carbons (Fsp3) is 0.273. The fourth-order valence-corrected chi connectivity index (χ4v) is 1.21. The molecule has 0 aromatic heterocycles. The number of hydrogen-bond acceptors (Lipinski definition) is 2. The van der Waals surface area contributed by atoms with Gasteiger partial charge in [0.1, 0.15) is 0 Å². The fourth-order valence-electron chi connectivity index (χ4n) is 1.08. The number of rotatable bonds is 4. The van der Waals surface area contributed by atoms with Crippen LogP contribution >= 0.6 is 11.6 Å². The van der Waals surface area contributed by atoms with Crippen molar-refractivity contribution in [2.75, 3.05) is 13.0 Å². The lowest BCUT2D eigenvalue weighted by molar-refractivity contribution is 0.373. The van der Waals surface area contributed by atoms with Gasteiger partial charge in [0, 0.05) is 5.88 Å². The van der Waals surface area contributed by atoms with Gasteiger partial charge in [0.05, 0.1) is 7.11 Å². The van der Waals surface area contributed by atoms with Crippen LogP contribution in [0.1, 0.15) is 12.0 Å². The van der Waals surface area contributed by atoms with Gasteiger partial charge >= 0.3 is 0 Å². The second kappa shape index (κ2) is 5.55. The summed E-state index contributed by atoms with van der Waals surface area (Å²) in [4.78, 5) is 0. The van der Waals surface area contributed by atoms with Crippen molar-refractivity contribution in [3.8, 4) is 11.5 Å². The lowest BCUT2D eigenvalue weighted by Gasteiger charge is -2.03. The van der Waals surface area contributed by atoms with Crippen LogP contribution in [0.3, 0.4) is 0 Å². The Hall–Kier alpha value is -1.15. The first-order chi connectivity index (χ1) is 6.77. The van der Waals surface area contributed by atoms with E-state index in [-0.39, 0.29) is 5.75 Å². The Kier molecular flexibility index (Phi) is 4.33. The number of benzene rings is 1. The molecule has 0 heterocycles. The zero-order chi connectivity index (χ0) is 10.4. The molecule has 0 atom stereocenters. The maximum absolute atomic E-state index is 9.34. The van der Waals surface area contributed by atoms with Gasteiger partial charge in [0.15, 0.2) is 11.5 Å². The van der Waals surface area contributed by atoms with Crippen molar-refractivity contribution >= 4 is 17.7 Å². The molecule has 0 saturated carbocycles. The Morgan fingerprint density at radius 3 is 2.93 bits per heavy atom. The monoisotopic (exact) mass is 212 g/mol. The number of phenolic OH excluding ortho intramolecular Hbond substituents is 1. The molecule has 0 aliphatic carbocycles. The van der Waals surface area contributed by atoms with Crippen LogP contribution in [0.2, 0.25) is 0 Å². The summed E-state index contributed by atoms with van der Waals surface area (Å²) in [7, 11) is 1.53. The molecule has 1 N–H and O–H groups in total. The molecule has 1 rings (SSSR count). The molecular formula is C11H13ClO2. The summed E-state index contributed by atoms with van der Waals surface area (Å²) in [6.07, 6.45) is 4.77. The van der Waals surface area contributed by atoms with Gasteiger partial charge in [0.25, 0.3) is 0 Å². The lowest BCUT2D eigenvalue weighted by atomic mass is 10.2. The third-order valence-electron chi connectivity index (χ3n) is 1.79. The van der Waals surface area contributed by atoms with Crippen molar-refractivity contribution in [1.29, 1.82) is 0 Å². The molecule has 0 saturated heterocycles. The van der Waals surface area contributed by atoms with E-state index >= 15 is 0 Å². The highest BCUT2D eigenvalue weighted by Gasteiger charge is 1.99. The van der Waals surface area contributed by atoms with Gasteiger partial charge in [-0.15, -0.1) is 11.6 Å². The molecule has 1 aromatic carbocycles. The number of phenols is 1. The van der Waals surface area contributed by atoms with E-state index in [2.05, 4.69) is 0 Å². The van der Waals surface area contributed by atoms with E-state index in [0.717, 1.165) is 12.0 Å². The molecule has 0 fully saturated rings. The molecule has 0 aliphatic rings. The normalized spacial score (nSPS) is 10.7. The second-order valence-electron chi connectivity index (χ2n) is 2.81. The maximum Gasteiger partial charge on any atom is 0.161 e. The number of hydrogen-bond donors (Lipinski definition) is 1. The summed E-state index contributed by atoms with van der Waals surface area (Å²) in [5.41, 5.74) is 0.991. The Morgan fingerprint density at radius 2 is 2.29 bits per heavy atom. The van der Waals surface area contributed by atoms with Gasteiger partial charge in [-0.3, -0.25) is 0 Å². The number of aromatic hydroxyl groups is 1. The minimum atomic E-state index is 0.155. The average Bonchev–Trinajstić information content (AvgIpc) is 2.21. The summed E-state index contributed by atoms with van der Waals surface area (Å²) >= 11 is 5.54. The van der Waals surface area contributed by atoms with Gasteiger partial charge in [0.2, 0.25) is 0 Å². The summed E-state index contributed by atoms with van der Waals surface area (Å²) in [5.74, 6) is 1.26. The van der Waals surface area contributed by atoms with Crippen LogP contribution in [0, 0.1) is 0 Å².